The van der Waals surface area contributed by atoms with Crippen molar-refractivity contribution in [1.29, 1.82) is 0 Å². The van der Waals surface area contributed by atoms with Crippen molar-refractivity contribution in [3.63, 3.8) is 0 Å². The maximum atomic E-state index is 12.8. The number of piperidine rings is 1. The molecule has 1 aliphatic heterocycles. The highest BCUT2D eigenvalue weighted by atomic mass is 35.5. The van der Waals surface area contributed by atoms with Gasteiger partial charge in [0.2, 0.25) is 5.91 Å². The highest BCUT2D eigenvalue weighted by Crippen LogP contribution is 2.23. The number of rotatable bonds is 4. The molecule has 154 valence electrons. The molecule has 3 rings (SSSR count). The van der Waals surface area contributed by atoms with E-state index in [9.17, 15) is 9.59 Å². The fourth-order valence-electron chi connectivity index (χ4n) is 3.59. The number of amides is 2. The Morgan fingerprint density at radius 3 is 2.14 bits per heavy atom. The summed E-state index contributed by atoms with van der Waals surface area (Å²) >= 11 is 5.88. The molecule has 29 heavy (non-hydrogen) atoms. The van der Waals surface area contributed by atoms with E-state index in [1.807, 2.05) is 41.3 Å². The van der Waals surface area contributed by atoms with E-state index in [4.69, 9.17) is 11.6 Å². The molecule has 0 atom stereocenters. The van der Waals surface area contributed by atoms with Crippen LogP contribution in [0.4, 0.5) is 0 Å². The monoisotopic (exact) mass is 412 g/mol. The fraction of sp³-hybridized carbons (Fsp3) is 0.417. The molecule has 4 nitrogen and oxygen atoms in total. The molecule has 1 fully saturated rings. The summed E-state index contributed by atoms with van der Waals surface area (Å²) in [5, 5.41) is 3.76. The summed E-state index contributed by atoms with van der Waals surface area (Å²) in [5.74, 6) is 0.0752. The average Bonchev–Trinajstić information content (AvgIpc) is 2.69. The van der Waals surface area contributed by atoms with Crippen molar-refractivity contribution >= 4 is 23.4 Å². The van der Waals surface area contributed by atoms with Gasteiger partial charge in [0.25, 0.3) is 5.91 Å². The molecule has 1 N–H and O–H groups in total. The van der Waals surface area contributed by atoms with Crippen LogP contribution in [0.2, 0.25) is 5.02 Å². The van der Waals surface area contributed by atoms with E-state index in [0.717, 1.165) is 24.0 Å². The predicted molar refractivity (Wildman–Crippen MR) is 117 cm³/mol. The maximum absolute atomic E-state index is 12.8. The Labute approximate surface area is 178 Å². The lowest BCUT2D eigenvalue weighted by atomic mass is 9.86. The molecule has 2 amide bonds. The first-order chi connectivity index (χ1) is 13.7. The quantitative estimate of drug-likeness (QED) is 0.797. The molecule has 1 saturated heterocycles. The van der Waals surface area contributed by atoms with Gasteiger partial charge in [-0.2, -0.15) is 0 Å². The van der Waals surface area contributed by atoms with Gasteiger partial charge in [-0.15, -0.1) is 0 Å². The van der Waals surface area contributed by atoms with Gasteiger partial charge in [0.15, 0.2) is 0 Å². The number of hydrogen-bond acceptors (Lipinski definition) is 2. The standard InChI is InChI=1S/C24H29ClN2O2/c1-24(2,3)19-8-6-18(7-9-19)23(29)27-14-12-21(13-15-27)26-22(28)16-17-4-10-20(25)11-5-17/h4-11,21H,12-16H2,1-3H3,(H,26,28). The van der Waals surface area contributed by atoms with Crippen LogP contribution in [0.25, 0.3) is 0 Å². The highest BCUT2D eigenvalue weighted by molar-refractivity contribution is 6.30. The number of carbonyl (C=O) groups is 2. The second-order valence-electron chi connectivity index (χ2n) is 8.76. The molecule has 0 radical (unpaired) electrons. The highest BCUT2D eigenvalue weighted by Gasteiger charge is 2.25. The first-order valence-corrected chi connectivity index (χ1v) is 10.5. The summed E-state index contributed by atoms with van der Waals surface area (Å²) in [4.78, 5) is 27.0. The first-order valence-electron chi connectivity index (χ1n) is 10.2. The average molecular weight is 413 g/mol. The van der Waals surface area contributed by atoms with Crippen LogP contribution in [-0.4, -0.2) is 35.8 Å². The molecule has 0 aliphatic carbocycles. The second kappa shape index (κ2) is 9.00. The third kappa shape index (κ3) is 5.83. The molecule has 0 bridgehead atoms. The number of nitrogens with zero attached hydrogens (tertiary/aromatic N) is 1. The molecule has 1 aliphatic rings. The number of halogens is 1. The molecule has 0 saturated carbocycles. The minimum atomic E-state index is 0.00914. The van der Waals surface area contributed by atoms with Crippen molar-refractivity contribution in [2.45, 2.75) is 51.5 Å². The summed E-state index contributed by atoms with van der Waals surface area (Å²) in [7, 11) is 0. The minimum Gasteiger partial charge on any atom is -0.353 e. The Bertz CT molecular complexity index is 846. The van der Waals surface area contributed by atoms with Crippen LogP contribution in [0.1, 0.15) is 55.1 Å². The molecule has 0 aromatic heterocycles. The lowest BCUT2D eigenvalue weighted by Crippen LogP contribution is -2.46. The van der Waals surface area contributed by atoms with E-state index >= 15 is 0 Å². The second-order valence-corrected chi connectivity index (χ2v) is 9.20. The largest absolute Gasteiger partial charge is 0.353 e. The van der Waals surface area contributed by atoms with Gasteiger partial charge in [-0.05, 0) is 53.6 Å². The zero-order valence-corrected chi connectivity index (χ0v) is 18.1. The Balaban J connectivity index is 1.49. The number of carbonyl (C=O) groups excluding carboxylic acids is 2. The van der Waals surface area contributed by atoms with Gasteiger partial charge in [0.05, 0.1) is 6.42 Å². The van der Waals surface area contributed by atoms with E-state index in [2.05, 4.69) is 26.1 Å². The molecule has 1 heterocycles. The van der Waals surface area contributed by atoms with Crippen molar-refractivity contribution in [2.75, 3.05) is 13.1 Å². The van der Waals surface area contributed by atoms with Crippen molar-refractivity contribution in [3.8, 4) is 0 Å². The zero-order chi connectivity index (χ0) is 21.0. The molecule has 2 aromatic rings. The van der Waals surface area contributed by atoms with Crippen LogP contribution < -0.4 is 5.32 Å². The first kappa shape index (κ1) is 21.4. The fourth-order valence-corrected chi connectivity index (χ4v) is 3.71. The SMILES string of the molecule is CC(C)(C)c1ccc(C(=O)N2CCC(NC(=O)Cc3ccc(Cl)cc3)CC2)cc1. The third-order valence-electron chi connectivity index (χ3n) is 5.42. The van der Waals surface area contributed by atoms with E-state index in [-0.39, 0.29) is 23.3 Å². The van der Waals surface area contributed by atoms with E-state index in [0.29, 0.717) is 24.5 Å². The Morgan fingerprint density at radius 2 is 1.59 bits per heavy atom. The van der Waals surface area contributed by atoms with Crippen LogP contribution in [-0.2, 0) is 16.6 Å². The van der Waals surface area contributed by atoms with Gasteiger partial charge in [-0.3, -0.25) is 9.59 Å². The van der Waals surface area contributed by atoms with Gasteiger partial charge in [-0.1, -0.05) is 56.6 Å². The van der Waals surface area contributed by atoms with Crippen LogP contribution in [0, 0.1) is 0 Å². The smallest absolute Gasteiger partial charge is 0.253 e. The summed E-state index contributed by atoms with van der Waals surface area (Å²) < 4.78 is 0. The van der Waals surface area contributed by atoms with Crippen LogP contribution in [0.5, 0.6) is 0 Å². The minimum absolute atomic E-state index is 0.00914. The normalized spacial score (nSPS) is 15.2. The number of benzene rings is 2. The number of likely N-dealkylation sites (tertiary alicyclic amines) is 1. The summed E-state index contributed by atoms with van der Waals surface area (Å²) in [6.45, 7) is 7.80. The van der Waals surface area contributed by atoms with Gasteiger partial charge in [-0.25, -0.2) is 0 Å². The summed E-state index contributed by atoms with van der Waals surface area (Å²) in [6.07, 6.45) is 1.90. The molecular weight excluding hydrogens is 384 g/mol. The molecule has 5 heteroatoms. The Morgan fingerprint density at radius 1 is 1.00 bits per heavy atom. The van der Waals surface area contributed by atoms with Gasteiger partial charge >= 0.3 is 0 Å². The summed E-state index contributed by atoms with van der Waals surface area (Å²) in [6, 6.07) is 15.4. The molecule has 2 aromatic carbocycles. The van der Waals surface area contributed by atoms with E-state index in [1.54, 1.807) is 12.1 Å². The van der Waals surface area contributed by atoms with Gasteiger partial charge in [0, 0.05) is 29.7 Å². The Hall–Kier alpha value is -2.33. The zero-order valence-electron chi connectivity index (χ0n) is 17.4. The molecule has 0 unspecified atom stereocenters. The lowest BCUT2D eigenvalue weighted by molar-refractivity contribution is -0.121. The van der Waals surface area contributed by atoms with E-state index in [1.165, 1.54) is 5.56 Å². The van der Waals surface area contributed by atoms with Gasteiger partial charge < -0.3 is 10.2 Å². The van der Waals surface area contributed by atoms with Crippen LogP contribution in [0.3, 0.4) is 0 Å². The van der Waals surface area contributed by atoms with Crippen LogP contribution >= 0.6 is 11.6 Å². The topological polar surface area (TPSA) is 49.4 Å². The molecule has 0 spiro atoms. The van der Waals surface area contributed by atoms with Crippen molar-refractivity contribution < 1.29 is 9.59 Å². The van der Waals surface area contributed by atoms with Crippen molar-refractivity contribution in [2.24, 2.45) is 0 Å². The predicted octanol–water partition coefficient (Wildman–Crippen LogP) is 4.60. The lowest BCUT2D eigenvalue weighted by Gasteiger charge is -2.32. The maximum Gasteiger partial charge on any atom is 0.253 e. The third-order valence-corrected chi connectivity index (χ3v) is 5.68. The van der Waals surface area contributed by atoms with Crippen molar-refractivity contribution in [1.82, 2.24) is 10.2 Å². The van der Waals surface area contributed by atoms with Crippen molar-refractivity contribution in [3.05, 3.63) is 70.2 Å². The molecular formula is C24H29ClN2O2. The van der Waals surface area contributed by atoms with E-state index < -0.39 is 0 Å². The van der Waals surface area contributed by atoms with Gasteiger partial charge in [0.1, 0.15) is 0 Å². The number of nitrogens with one attached hydrogen (secondary N) is 1. The number of hydrogen-bond donors (Lipinski definition) is 1. The van der Waals surface area contributed by atoms with Crippen LogP contribution in [0.15, 0.2) is 48.5 Å². The summed E-state index contributed by atoms with van der Waals surface area (Å²) in [5.41, 5.74) is 2.96. The Kier molecular flexibility index (Phi) is 6.63.